The van der Waals surface area contributed by atoms with E-state index in [1.54, 1.807) is 0 Å². The number of benzene rings is 2. The normalized spacial score (nSPS) is 10.5. The molecule has 0 atom stereocenters. The van der Waals surface area contributed by atoms with Crippen molar-refractivity contribution in [3.05, 3.63) is 76.3 Å². The standard InChI is InChI=1S/C19H16ClFN4O/c1-11-3-4-12(2)17(7-11)25-18(26)13-9-22-19(23-10-13)24-14-5-6-16(21)15(20)8-14/h3-10H,1-2H3,(H,25,26)(H,22,23,24). The van der Waals surface area contributed by atoms with Gasteiger partial charge in [-0.1, -0.05) is 23.7 Å². The molecule has 132 valence electrons. The molecule has 7 heteroatoms. The van der Waals surface area contributed by atoms with Crippen LogP contribution < -0.4 is 10.6 Å². The molecule has 0 radical (unpaired) electrons. The van der Waals surface area contributed by atoms with Gasteiger partial charge in [0.05, 0.1) is 10.6 Å². The van der Waals surface area contributed by atoms with Crippen LogP contribution >= 0.6 is 11.6 Å². The van der Waals surface area contributed by atoms with Crippen molar-refractivity contribution in [2.45, 2.75) is 13.8 Å². The first-order valence-electron chi connectivity index (χ1n) is 7.85. The third kappa shape index (κ3) is 4.15. The summed E-state index contributed by atoms with van der Waals surface area (Å²) in [6.45, 7) is 3.88. The lowest BCUT2D eigenvalue weighted by atomic mass is 10.1. The van der Waals surface area contributed by atoms with Crippen LogP contribution in [0.25, 0.3) is 0 Å². The van der Waals surface area contributed by atoms with Crippen LogP contribution in [0.5, 0.6) is 0 Å². The van der Waals surface area contributed by atoms with Gasteiger partial charge in [-0.2, -0.15) is 0 Å². The van der Waals surface area contributed by atoms with Gasteiger partial charge in [-0.15, -0.1) is 0 Å². The number of halogens is 2. The van der Waals surface area contributed by atoms with Gasteiger partial charge in [0.1, 0.15) is 5.82 Å². The van der Waals surface area contributed by atoms with Crippen molar-refractivity contribution in [2.75, 3.05) is 10.6 Å². The number of amides is 1. The number of aryl methyl sites for hydroxylation is 2. The Labute approximate surface area is 155 Å². The highest BCUT2D eigenvalue weighted by atomic mass is 35.5. The molecule has 0 saturated carbocycles. The molecular formula is C19H16ClFN4O. The lowest BCUT2D eigenvalue weighted by molar-refractivity contribution is 0.102. The second-order valence-corrected chi connectivity index (χ2v) is 6.23. The number of hydrogen-bond donors (Lipinski definition) is 2. The Bertz CT molecular complexity index is 960. The zero-order valence-electron chi connectivity index (χ0n) is 14.2. The van der Waals surface area contributed by atoms with Gasteiger partial charge in [-0.25, -0.2) is 14.4 Å². The van der Waals surface area contributed by atoms with Crippen molar-refractivity contribution in [1.82, 2.24) is 9.97 Å². The second-order valence-electron chi connectivity index (χ2n) is 5.82. The van der Waals surface area contributed by atoms with E-state index < -0.39 is 5.82 Å². The van der Waals surface area contributed by atoms with Gasteiger partial charge in [0.15, 0.2) is 0 Å². The monoisotopic (exact) mass is 370 g/mol. The molecule has 0 bridgehead atoms. The predicted octanol–water partition coefficient (Wildman–Crippen LogP) is 4.88. The van der Waals surface area contributed by atoms with Crippen molar-refractivity contribution < 1.29 is 9.18 Å². The van der Waals surface area contributed by atoms with Crippen LogP contribution in [-0.2, 0) is 0 Å². The molecule has 1 amide bonds. The summed E-state index contributed by atoms with van der Waals surface area (Å²) in [5.74, 6) is -0.525. The number of hydrogen-bond acceptors (Lipinski definition) is 4. The van der Waals surface area contributed by atoms with E-state index in [0.29, 0.717) is 11.3 Å². The fourth-order valence-electron chi connectivity index (χ4n) is 2.28. The quantitative estimate of drug-likeness (QED) is 0.686. The third-order valence-electron chi connectivity index (χ3n) is 3.73. The average Bonchev–Trinajstić information content (AvgIpc) is 2.62. The molecule has 0 aliphatic heterocycles. The van der Waals surface area contributed by atoms with Crippen molar-refractivity contribution in [2.24, 2.45) is 0 Å². The minimum absolute atomic E-state index is 0.000442. The molecule has 2 N–H and O–H groups in total. The van der Waals surface area contributed by atoms with E-state index in [1.807, 2.05) is 32.0 Å². The summed E-state index contributed by atoms with van der Waals surface area (Å²) in [6.07, 6.45) is 2.84. The Morgan fingerprint density at radius 1 is 1.08 bits per heavy atom. The first-order valence-corrected chi connectivity index (χ1v) is 8.23. The molecule has 0 fully saturated rings. The summed E-state index contributed by atoms with van der Waals surface area (Å²) in [6, 6.07) is 10.0. The Balaban J connectivity index is 1.71. The number of rotatable bonds is 4. The smallest absolute Gasteiger partial charge is 0.258 e. The van der Waals surface area contributed by atoms with Gasteiger partial charge in [-0.3, -0.25) is 4.79 Å². The van der Waals surface area contributed by atoms with Crippen LogP contribution in [-0.4, -0.2) is 15.9 Å². The minimum Gasteiger partial charge on any atom is -0.324 e. The van der Waals surface area contributed by atoms with E-state index in [-0.39, 0.29) is 16.9 Å². The van der Waals surface area contributed by atoms with E-state index in [1.165, 1.54) is 30.6 Å². The lowest BCUT2D eigenvalue weighted by Gasteiger charge is -2.10. The van der Waals surface area contributed by atoms with Crippen molar-refractivity contribution >= 4 is 34.8 Å². The highest BCUT2D eigenvalue weighted by Gasteiger charge is 2.10. The molecule has 0 spiro atoms. The number of aromatic nitrogens is 2. The van der Waals surface area contributed by atoms with Crippen molar-refractivity contribution in [3.8, 4) is 0 Å². The summed E-state index contributed by atoms with van der Waals surface area (Å²) in [4.78, 5) is 20.6. The Kier molecular flexibility index (Phi) is 5.14. The van der Waals surface area contributed by atoms with Crippen molar-refractivity contribution in [3.63, 3.8) is 0 Å². The van der Waals surface area contributed by atoms with E-state index in [2.05, 4.69) is 20.6 Å². The van der Waals surface area contributed by atoms with E-state index in [4.69, 9.17) is 11.6 Å². The lowest BCUT2D eigenvalue weighted by Crippen LogP contribution is -2.14. The number of carbonyl (C=O) groups excluding carboxylic acids is 1. The van der Waals surface area contributed by atoms with Gasteiger partial charge in [-0.05, 0) is 49.2 Å². The van der Waals surface area contributed by atoms with Crippen LogP contribution in [0.1, 0.15) is 21.5 Å². The molecule has 0 aliphatic rings. The summed E-state index contributed by atoms with van der Waals surface area (Å²) in [7, 11) is 0. The molecule has 2 aromatic carbocycles. The van der Waals surface area contributed by atoms with Gasteiger partial charge in [0.25, 0.3) is 5.91 Å². The molecule has 26 heavy (non-hydrogen) atoms. The highest BCUT2D eigenvalue weighted by molar-refractivity contribution is 6.31. The predicted molar refractivity (Wildman–Crippen MR) is 101 cm³/mol. The fourth-order valence-corrected chi connectivity index (χ4v) is 2.46. The molecule has 1 heterocycles. The molecule has 0 aliphatic carbocycles. The number of anilines is 3. The first kappa shape index (κ1) is 17.8. The average molecular weight is 371 g/mol. The van der Waals surface area contributed by atoms with Gasteiger partial charge in [0, 0.05) is 23.8 Å². The zero-order valence-corrected chi connectivity index (χ0v) is 14.9. The van der Waals surface area contributed by atoms with E-state index in [0.717, 1.165) is 16.8 Å². The molecular weight excluding hydrogens is 355 g/mol. The molecule has 0 saturated heterocycles. The maximum absolute atomic E-state index is 13.2. The van der Waals surface area contributed by atoms with Gasteiger partial charge < -0.3 is 10.6 Å². The van der Waals surface area contributed by atoms with Crippen LogP contribution in [0.2, 0.25) is 5.02 Å². The summed E-state index contributed by atoms with van der Waals surface area (Å²) in [5, 5.41) is 5.75. The Morgan fingerprint density at radius 2 is 1.81 bits per heavy atom. The third-order valence-corrected chi connectivity index (χ3v) is 4.02. The molecule has 1 aromatic heterocycles. The second kappa shape index (κ2) is 7.49. The van der Waals surface area contributed by atoms with E-state index >= 15 is 0 Å². The van der Waals surface area contributed by atoms with E-state index in [9.17, 15) is 9.18 Å². The van der Waals surface area contributed by atoms with Crippen LogP contribution in [0.4, 0.5) is 21.7 Å². The summed E-state index contributed by atoms with van der Waals surface area (Å²) >= 11 is 5.74. The van der Waals surface area contributed by atoms with Crippen LogP contribution in [0.3, 0.4) is 0 Å². The SMILES string of the molecule is Cc1ccc(C)c(NC(=O)c2cnc(Nc3ccc(F)c(Cl)c3)nc2)c1. The number of nitrogens with zero attached hydrogens (tertiary/aromatic N) is 2. The summed E-state index contributed by atoms with van der Waals surface area (Å²) in [5.41, 5.74) is 3.65. The Hall–Kier alpha value is -2.99. The van der Waals surface area contributed by atoms with Crippen LogP contribution in [0, 0.1) is 19.7 Å². The van der Waals surface area contributed by atoms with Crippen LogP contribution in [0.15, 0.2) is 48.8 Å². The zero-order chi connectivity index (χ0) is 18.7. The fraction of sp³-hybridized carbons (Fsp3) is 0.105. The minimum atomic E-state index is -0.503. The number of carbonyl (C=O) groups is 1. The van der Waals surface area contributed by atoms with Crippen molar-refractivity contribution in [1.29, 1.82) is 0 Å². The highest BCUT2D eigenvalue weighted by Crippen LogP contribution is 2.21. The van der Waals surface area contributed by atoms with Gasteiger partial charge in [0.2, 0.25) is 5.95 Å². The maximum Gasteiger partial charge on any atom is 0.258 e. The summed E-state index contributed by atoms with van der Waals surface area (Å²) < 4.78 is 13.2. The molecule has 3 rings (SSSR count). The first-order chi connectivity index (χ1) is 12.4. The molecule has 5 nitrogen and oxygen atoms in total. The largest absolute Gasteiger partial charge is 0.324 e. The van der Waals surface area contributed by atoms with Gasteiger partial charge >= 0.3 is 0 Å². The Morgan fingerprint density at radius 3 is 2.50 bits per heavy atom. The number of nitrogens with one attached hydrogen (secondary N) is 2. The molecule has 3 aromatic rings. The maximum atomic E-state index is 13.2. The molecule has 0 unspecified atom stereocenters. The topological polar surface area (TPSA) is 66.9 Å².